The number of hydrogen-bond donors (Lipinski definition) is 1. The molecule has 2 amide bonds. The monoisotopic (exact) mass is 374 g/mol. The van der Waals surface area contributed by atoms with Crippen LogP contribution in [0.1, 0.15) is 26.3 Å². The molecule has 0 aliphatic carbocycles. The molecule has 8 nitrogen and oxygen atoms in total. The van der Waals surface area contributed by atoms with Crippen LogP contribution in [0.2, 0.25) is 0 Å². The number of carbonyl (C=O) groups excluding carboxylic acids is 3. The van der Waals surface area contributed by atoms with Gasteiger partial charge in [-0.25, -0.2) is 17.9 Å². The van der Waals surface area contributed by atoms with Crippen LogP contribution in [0.5, 0.6) is 0 Å². The van der Waals surface area contributed by atoms with Crippen LogP contribution in [-0.4, -0.2) is 38.3 Å². The number of fused-ring (bicyclic) bond motifs is 1. The predicted molar refractivity (Wildman–Crippen MR) is 89.4 cm³/mol. The lowest BCUT2D eigenvalue weighted by molar-refractivity contribution is -0.167. The molecule has 9 heteroatoms. The third-order valence-electron chi connectivity index (χ3n) is 3.80. The summed E-state index contributed by atoms with van der Waals surface area (Å²) in [6, 6.07) is 11.8. The number of benzene rings is 2. The van der Waals surface area contributed by atoms with Crippen molar-refractivity contribution in [1.82, 2.24) is 9.79 Å². The Morgan fingerprint density at radius 2 is 1.54 bits per heavy atom. The van der Waals surface area contributed by atoms with Gasteiger partial charge in [-0.2, -0.15) is 0 Å². The number of carbonyl (C=O) groups is 3. The Hall–Kier alpha value is -3.04. The average Bonchev–Trinajstić information content (AvgIpc) is 2.87. The number of nitrogens with zero attached hydrogens (tertiary/aromatic N) is 1. The highest BCUT2D eigenvalue weighted by atomic mass is 32.2. The molecule has 3 rings (SSSR count). The molecule has 1 aliphatic heterocycles. The number of hydroxylamine groups is 2. The predicted octanol–water partition coefficient (Wildman–Crippen LogP) is 0.892. The van der Waals surface area contributed by atoms with E-state index in [1.807, 2.05) is 0 Å². The number of hydrogen-bond acceptors (Lipinski definition) is 6. The summed E-state index contributed by atoms with van der Waals surface area (Å²) in [6.45, 7) is 0. The Balaban J connectivity index is 1.69. The fraction of sp³-hybridized carbons (Fsp3) is 0.118. The quantitative estimate of drug-likeness (QED) is 0.779. The van der Waals surface area contributed by atoms with Crippen molar-refractivity contribution in [2.75, 3.05) is 7.05 Å². The Labute approximate surface area is 149 Å². The van der Waals surface area contributed by atoms with Crippen LogP contribution < -0.4 is 4.72 Å². The minimum atomic E-state index is -3.57. The fourth-order valence-corrected chi connectivity index (χ4v) is 3.19. The summed E-state index contributed by atoms with van der Waals surface area (Å²) < 4.78 is 25.5. The molecular weight excluding hydrogens is 360 g/mol. The van der Waals surface area contributed by atoms with E-state index in [1.54, 1.807) is 12.1 Å². The topological polar surface area (TPSA) is 110 Å². The second kappa shape index (κ2) is 6.70. The molecule has 0 saturated carbocycles. The third-order valence-corrected chi connectivity index (χ3v) is 5.23. The summed E-state index contributed by atoms with van der Waals surface area (Å²) in [5.41, 5.74) is 0.820. The van der Waals surface area contributed by atoms with Crippen molar-refractivity contribution < 1.29 is 27.6 Å². The lowest BCUT2D eigenvalue weighted by Crippen LogP contribution is -2.33. The molecule has 0 unspecified atom stereocenters. The van der Waals surface area contributed by atoms with E-state index in [2.05, 4.69) is 4.72 Å². The van der Waals surface area contributed by atoms with Gasteiger partial charge in [-0.1, -0.05) is 29.3 Å². The maximum absolute atomic E-state index is 12.1. The molecule has 134 valence electrons. The lowest BCUT2D eigenvalue weighted by Gasteiger charge is -2.12. The van der Waals surface area contributed by atoms with Gasteiger partial charge in [-0.15, -0.1) is 0 Å². The van der Waals surface area contributed by atoms with Crippen LogP contribution in [0.15, 0.2) is 53.4 Å². The van der Waals surface area contributed by atoms with Crippen molar-refractivity contribution in [2.45, 2.75) is 11.3 Å². The number of nitrogens with one attached hydrogen (secondary N) is 1. The zero-order chi connectivity index (χ0) is 18.9. The summed E-state index contributed by atoms with van der Waals surface area (Å²) in [4.78, 5) is 41.3. The molecule has 0 aromatic heterocycles. The molecular formula is C17H14N2O6S. The van der Waals surface area contributed by atoms with E-state index in [0.29, 0.717) is 10.6 Å². The van der Waals surface area contributed by atoms with Crippen LogP contribution >= 0.6 is 0 Å². The van der Waals surface area contributed by atoms with Gasteiger partial charge < -0.3 is 4.84 Å². The molecule has 0 spiro atoms. The molecule has 0 radical (unpaired) electrons. The van der Waals surface area contributed by atoms with E-state index in [4.69, 9.17) is 4.84 Å². The molecule has 1 heterocycles. The summed E-state index contributed by atoms with van der Waals surface area (Å²) in [5.74, 6) is -2.22. The van der Waals surface area contributed by atoms with Gasteiger partial charge in [-0.3, -0.25) is 9.59 Å². The first-order valence-corrected chi connectivity index (χ1v) is 9.03. The van der Waals surface area contributed by atoms with Crippen LogP contribution in [0.3, 0.4) is 0 Å². The number of sulfonamides is 1. The SMILES string of the molecule is CNS(=O)(=O)c1ccc(CC(=O)ON2C(=O)c3ccccc3C2=O)cc1. The first-order chi connectivity index (χ1) is 12.3. The molecule has 0 atom stereocenters. The molecule has 0 fully saturated rings. The van der Waals surface area contributed by atoms with E-state index >= 15 is 0 Å². The van der Waals surface area contributed by atoms with Gasteiger partial charge in [0.15, 0.2) is 0 Å². The minimum Gasteiger partial charge on any atom is -0.329 e. The molecule has 26 heavy (non-hydrogen) atoms. The third kappa shape index (κ3) is 3.22. The first kappa shape index (κ1) is 17.8. The Morgan fingerprint density at radius 1 is 1.00 bits per heavy atom. The second-order valence-corrected chi connectivity index (χ2v) is 7.33. The number of rotatable bonds is 5. The Morgan fingerprint density at radius 3 is 2.04 bits per heavy atom. The smallest absolute Gasteiger partial charge is 0.329 e. The van der Waals surface area contributed by atoms with Crippen molar-refractivity contribution in [3.05, 3.63) is 65.2 Å². The van der Waals surface area contributed by atoms with E-state index in [-0.39, 0.29) is 22.4 Å². The first-order valence-electron chi connectivity index (χ1n) is 7.54. The van der Waals surface area contributed by atoms with E-state index < -0.39 is 27.8 Å². The summed E-state index contributed by atoms with van der Waals surface area (Å²) in [6.07, 6.45) is -0.229. The number of imide groups is 1. The molecule has 2 aromatic carbocycles. The van der Waals surface area contributed by atoms with Crippen molar-refractivity contribution in [3.8, 4) is 0 Å². The van der Waals surface area contributed by atoms with Gasteiger partial charge in [0.25, 0.3) is 11.8 Å². The largest absolute Gasteiger partial charge is 0.337 e. The maximum atomic E-state index is 12.1. The number of amides is 2. The van der Waals surface area contributed by atoms with Crippen LogP contribution in [-0.2, 0) is 26.1 Å². The van der Waals surface area contributed by atoms with Gasteiger partial charge in [0, 0.05) is 0 Å². The van der Waals surface area contributed by atoms with Crippen LogP contribution in [0.25, 0.3) is 0 Å². The Kier molecular flexibility index (Phi) is 4.58. The van der Waals surface area contributed by atoms with Crippen LogP contribution in [0, 0.1) is 0 Å². The molecule has 0 bridgehead atoms. The van der Waals surface area contributed by atoms with Gasteiger partial charge in [0.05, 0.1) is 22.4 Å². The van der Waals surface area contributed by atoms with Gasteiger partial charge in [-0.05, 0) is 36.9 Å². The van der Waals surface area contributed by atoms with E-state index in [0.717, 1.165) is 0 Å². The molecule has 1 aliphatic rings. The Bertz CT molecular complexity index is 963. The van der Waals surface area contributed by atoms with Crippen molar-refractivity contribution in [3.63, 3.8) is 0 Å². The second-order valence-electron chi connectivity index (χ2n) is 5.44. The standard InChI is InChI=1S/C17H14N2O6S/c1-18-26(23,24)12-8-6-11(7-9-12)10-15(20)25-19-16(21)13-4-2-3-5-14(13)17(19)22/h2-9,18H,10H2,1H3. The van der Waals surface area contributed by atoms with Crippen molar-refractivity contribution in [2.24, 2.45) is 0 Å². The minimum absolute atomic E-state index is 0.0532. The van der Waals surface area contributed by atoms with Gasteiger partial charge in [0.1, 0.15) is 0 Å². The highest BCUT2D eigenvalue weighted by molar-refractivity contribution is 7.89. The van der Waals surface area contributed by atoms with E-state index in [1.165, 1.54) is 43.4 Å². The zero-order valence-corrected chi connectivity index (χ0v) is 14.4. The normalized spacial score (nSPS) is 13.7. The highest BCUT2D eigenvalue weighted by Gasteiger charge is 2.38. The fourth-order valence-electron chi connectivity index (χ4n) is 2.46. The van der Waals surface area contributed by atoms with Crippen molar-refractivity contribution >= 4 is 27.8 Å². The summed E-state index contributed by atoms with van der Waals surface area (Å²) in [5, 5.41) is 0.437. The summed E-state index contributed by atoms with van der Waals surface area (Å²) in [7, 11) is -2.28. The van der Waals surface area contributed by atoms with E-state index in [9.17, 15) is 22.8 Å². The van der Waals surface area contributed by atoms with Gasteiger partial charge in [0.2, 0.25) is 10.0 Å². The van der Waals surface area contributed by atoms with Crippen LogP contribution in [0.4, 0.5) is 0 Å². The molecule has 1 N–H and O–H groups in total. The average molecular weight is 374 g/mol. The lowest BCUT2D eigenvalue weighted by atomic mass is 10.1. The maximum Gasteiger partial charge on any atom is 0.337 e. The summed E-state index contributed by atoms with van der Waals surface area (Å²) >= 11 is 0. The highest BCUT2D eigenvalue weighted by Crippen LogP contribution is 2.23. The molecule has 2 aromatic rings. The van der Waals surface area contributed by atoms with Crippen molar-refractivity contribution in [1.29, 1.82) is 0 Å². The zero-order valence-electron chi connectivity index (χ0n) is 13.6. The van der Waals surface area contributed by atoms with Gasteiger partial charge >= 0.3 is 5.97 Å². The molecule has 0 saturated heterocycles.